The highest BCUT2D eigenvalue weighted by Gasteiger charge is 2.38. The third kappa shape index (κ3) is 6.47. The van der Waals surface area contributed by atoms with Crippen molar-refractivity contribution < 1.29 is 23.9 Å². The number of rotatable bonds is 8. The average molecular weight is 581 g/mol. The fraction of sp³-hybridized carbons (Fsp3) is 0.533. The molecule has 1 aliphatic carbocycles. The number of nitrogens with zero attached hydrogens (tertiary/aromatic N) is 4. The molecule has 1 aliphatic rings. The Hall–Kier alpha value is -4.22. The summed E-state index contributed by atoms with van der Waals surface area (Å²) in [6.45, 7) is 10.9. The molecule has 0 saturated heterocycles. The Kier molecular flexibility index (Phi) is 8.74. The largest absolute Gasteiger partial charge is 0.444 e. The van der Waals surface area contributed by atoms with Gasteiger partial charge in [-0.15, -0.1) is 0 Å². The van der Waals surface area contributed by atoms with E-state index in [0.29, 0.717) is 6.54 Å². The Balaban J connectivity index is 1.71. The molecule has 2 amide bonds. The van der Waals surface area contributed by atoms with E-state index in [9.17, 15) is 19.2 Å². The maximum atomic E-state index is 13.3. The van der Waals surface area contributed by atoms with E-state index in [0.717, 1.165) is 42.3 Å². The molecule has 0 aromatic carbocycles. The lowest BCUT2D eigenvalue weighted by atomic mass is 9.97. The van der Waals surface area contributed by atoms with E-state index in [2.05, 4.69) is 31.5 Å². The maximum Gasteiger partial charge on any atom is 0.408 e. The van der Waals surface area contributed by atoms with Gasteiger partial charge in [0.05, 0.1) is 18.3 Å². The topological polar surface area (TPSA) is 146 Å². The van der Waals surface area contributed by atoms with Crippen LogP contribution in [0.15, 0.2) is 35.5 Å². The Morgan fingerprint density at radius 2 is 1.83 bits per heavy atom. The van der Waals surface area contributed by atoms with Gasteiger partial charge in [0.1, 0.15) is 17.3 Å². The number of alkyl carbamates (subject to hydrolysis) is 1. The molecule has 2 N–H and O–H groups in total. The number of aryl methyl sites for hydroxylation is 1. The SMILES string of the molecule is CNC(=O)c1nn(CC2(n3cc(C)c4cccnc43)CCCC2)cc(OC(=O)C(NC(=O)OC(C)(C)C)C(C)C)c1=O. The molecule has 226 valence electrons. The van der Waals surface area contributed by atoms with Gasteiger partial charge in [-0.05, 0) is 64.2 Å². The number of esters is 1. The molecule has 3 heterocycles. The first kappa shape index (κ1) is 30.7. The monoisotopic (exact) mass is 580 g/mol. The van der Waals surface area contributed by atoms with Crippen molar-refractivity contribution in [3.63, 3.8) is 0 Å². The molecular weight excluding hydrogens is 540 g/mol. The predicted octanol–water partition coefficient (Wildman–Crippen LogP) is 3.69. The highest BCUT2D eigenvalue weighted by molar-refractivity contribution is 5.92. The van der Waals surface area contributed by atoms with Crippen LogP contribution in [0.25, 0.3) is 11.0 Å². The van der Waals surface area contributed by atoms with E-state index in [1.165, 1.54) is 17.9 Å². The molecule has 12 nitrogen and oxygen atoms in total. The van der Waals surface area contributed by atoms with Gasteiger partial charge in [-0.1, -0.05) is 26.7 Å². The first-order valence-electron chi connectivity index (χ1n) is 14.2. The van der Waals surface area contributed by atoms with Gasteiger partial charge < -0.3 is 24.7 Å². The molecule has 0 aliphatic heterocycles. The number of hydrogen-bond acceptors (Lipinski definition) is 8. The van der Waals surface area contributed by atoms with Gasteiger partial charge in [0.25, 0.3) is 11.3 Å². The second-order valence-electron chi connectivity index (χ2n) is 12.2. The van der Waals surface area contributed by atoms with Gasteiger partial charge in [0.15, 0.2) is 11.4 Å². The van der Waals surface area contributed by atoms with Crippen LogP contribution in [0.4, 0.5) is 4.79 Å². The number of aromatic nitrogens is 4. The van der Waals surface area contributed by atoms with Crippen LogP contribution in [0.2, 0.25) is 0 Å². The first-order valence-corrected chi connectivity index (χ1v) is 14.2. The number of carbonyl (C=O) groups is 3. The van der Waals surface area contributed by atoms with Crippen LogP contribution in [0.3, 0.4) is 0 Å². The molecule has 42 heavy (non-hydrogen) atoms. The number of carbonyl (C=O) groups excluding carboxylic acids is 3. The predicted molar refractivity (Wildman–Crippen MR) is 156 cm³/mol. The first-order chi connectivity index (χ1) is 19.7. The van der Waals surface area contributed by atoms with Crippen molar-refractivity contribution in [2.75, 3.05) is 7.05 Å². The normalized spacial score (nSPS) is 15.4. The summed E-state index contributed by atoms with van der Waals surface area (Å²) in [5, 5.41) is 10.4. The second-order valence-corrected chi connectivity index (χ2v) is 12.2. The molecule has 1 fully saturated rings. The van der Waals surface area contributed by atoms with E-state index in [1.54, 1.807) is 40.8 Å². The summed E-state index contributed by atoms with van der Waals surface area (Å²) >= 11 is 0. The number of fused-ring (bicyclic) bond motifs is 1. The Morgan fingerprint density at radius 1 is 1.14 bits per heavy atom. The van der Waals surface area contributed by atoms with E-state index in [4.69, 9.17) is 9.47 Å². The second kappa shape index (κ2) is 11.9. The number of pyridine rings is 1. The van der Waals surface area contributed by atoms with Crippen LogP contribution in [0.1, 0.15) is 76.4 Å². The molecule has 0 bridgehead atoms. The van der Waals surface area contributed by atoms with Crippen molar-refractivity contribution in [1.29, 1.82) is 0 Å². The third-order valence-electron chi connectivity index (χ3n) is 7.44. The van der Waals surface area contributed by atoms with Crippen LogP contribution >= 0.6 is 0 Å². The minimum Gasteiger partial charge on any atom is -0.444 e. The maximum absolute atomic E-state index is 13.3. The quantitative estimate of drug-likeness (QED) is 0.384. The zero-order chi connectivity index (χ0) is 30.8. The minimum absolute atomic E-state index is 0.311. The summed E-state index contributed by atoms with van der Waals surface area (Å²) in [6.07, 6.45) is 8.05. The number of ether oxygens (including phenoxy) is 2. The molecule has 0 radical (unpaired) electrons. The summed E-state index contributed by atoms with van der Waals surface area (Å²) in [6, 6.07) is 2.83. The highest BCUT2D eigenvalue weighted by Crippen LogP contribution is 2.41. The Bertz CT molecular complexity index is 1540. The summed E-state index contributed by atoms with van der Waals surface area (Å²) in [5.74, 6) is -2.30. The minimum atomic E-state index is -1.11. The Morgan fingerprint density at radius 3 is 2.45 bits per heavy atom. The smallest absolute Gasteiger partial charge is 0.408 e. The van der Waals surface area contributed by atoms with Crippen molar-refractivity contribution in [1.82, 2.24) is 30.0 Å². The lowest BCUT2D eigenvalue weighted by molar-refractivity contribution is -0.138. The number of hydrogen-bond donors (Lipinski definition) is 2. The van der Waals surface area contributed by atoms with Gasteiger partial charge in [0.2, 0.25) is 0 Å². The van der Waals surface area contributed by atoms with Crippen LogP contribution in [0, 0.1) is 12.8 Å². The van der Waals surface area contributed by atoms with Crippen molar-refractivity contribution in [3.8, 4) is 5.75 Å². The van der Waals surface area contributed by atoms with Gasteiger partial charge in [-0.2, -0.15) is 5.10 Å². The molecule has 4 rings (SSSR count). The van der Waals surface area contributed by atoms with Gasteiger partial charge in [-0.25, -0.2) is 14.6 Å². The van der Waals surface area contributed by atoms with E-state index in [-0.39, 0.29) is 11.7 Å². The summed E-state index contributed by atoms with van der Waals surface area (Å²) in [5.41, 5.74) is -0.485. The van der Waals surface area contributed by atoms with Gasteiger partial charge >= 0.3 is 12.1 Å². The molecular formula is C30H40N6O6. The van der Waals surface area contributed by atoms with Crippen LogP contribution in [0.5, 0.6) is 5.75 Å². The number of nitrogens with one attached hydrogen (secondary N) is 2. The fourth-order valence-corrected chi connectivity index (χ4v) is 5.43. The number of amides is 2. The van der Waals surface area contributed by atoms with E-state index >= 15 is 0 Å². The average Bonchev–Trinajstić information content (AvgIpc) is 3.52. The van der Waals surface area contributed by atoms with Gasteiger partial charge in [0, 0.05) is 24.8 Å². The van der Waals surface area contributed by atoms with Crippen LogP contribution in [-0.4, -0.2) is 56.0 Å². The zero-order valence-corrected chi connectivity index (χ0v) is 25.3. The lowest BCUT2D eigenvalue weighted by Gasteiger charge is -2.32. The molecule has 1 saturated carbocycles. The molecule has 3 aromatic rings. The molecule has 3 aromatic heterocycles. The van der Waals surface area contributed by atoms with Crippen molar-refractivity contribution in [2.45, 2.75) is 91.0 Å². The van der Waals surface area contributed by atoms with Crippen molar-refractivity contribution in [3.05, 3.63) is 52.2 Å². The highest BCUT2D eigenvalue weighted by atomic mass is 16.6. The van der Waals surface area contributed by atoms with Crippen LogP contribution < -0.4 is 20.8 Å². The molecule has 12 heteroatoms. The zero-order valence-electron chi connectivity index (χ0n) is 25.3. The summed E-state index contributed by atoms with van der Waals surface area (Å²) in [7, 11) is 1.39. The van der Waals surface area contributed by atoms with Crippen molar-refractivity contribution >= 4 is 29.0 Å². The van der Waals surface area contributed by atoms with Gasteiger partial charge in [-0.3, -0.25) is 14.3 Å². The van der Waals surface area contributed by atoms with E-state index < -0.39 is 46.3 Å². The third-order valence-corrected chi connectivity index (χ3v) is 7.44. The molecule has 1 atom stereocenters. The lowest BCUT2D eigenvalue weighted by Crippen LogP contribution is -2.48. The molecule has 0 spiro atoms. The van der Waals surface area contributed by atoms with Crippen molar-refractivity contribution in [2.24, 2.45) is 5.92 Å². The van der Waals surface area contributed by atoms with Crippen LogP contribution in [-0.2, 0) is 21.6 Å². The fourth-order valence-electron chi connectivity index (χ4n) is 5.43. The van der Waals surface area contributed by atoms with E-state index in [1.807, 2.05) is 19.1 Å². The summed E-state index contributed by atoms with van der Waals surface area (Å²) in [4.78, 5) is 56.3. The Labute approximate surface area is 244 Å². The summed E-state index contributed by atoms with van der Waals surface area (Å²) < 4.78 is 14.5. The molecule has 1 unspecified atom stereocenters. The standard InChI is InChI=1S/C30H40N6O6/c1-18(2)22(33-28(40)42-29(4,5)6)27(39)41-21-16-35(34-23(24(21)37)26(38)31-7)17-30(12-8-9-13-30)36-15-19(3)20-11-10-14-32-25(20)36/h10-11,14-16,18,22H,8-9,12-13,17H2,1-7H3,(H,31,38)(H,33,40).